The molecule has 1 aromatic carbocycles. The molecule has 0 saturated carbocycles. The standard InChI is InChI=1S/C21H21ClF3N5OS/c1-13-3-2-8-29(10-13)11-15-12-32-20(27-15)28-19(31)17-9-26-30(18(17)21(23,24)25)16-6-4-14(22)5-7-16/h4-7,9,12-13H,2-3,8,10-11H2,1H3,(H,27,28,31). The second kappa shape index (κ2) is 9.21. The number of alkyl halides is 3. The Morgan fingerprint density at radius 2 is 2.06 bits per heavy atom. The predicted molar refractivity (Wildman–Crippen MR) is 117 cm³/mol. The summed E-state index contributed by atoms with van der Waals surface area (Å²) in [4.78, 5) is 19.4. The molecule has 1 atom stereocenters. The molecule has 1 unspecified atom stereocenters. The SMILES string of the molecule is CC1CCCN(Cc2csc(NC(=O)c3cnn(-c4ccc(Cl)cc4)c3C(F)(F)F)n2)C1. The van der Waals surface area contributed by atoms with E-state index in [4.69, 9.17) is 11.6 Å². The van der Waals surface area contributed by atoms with Crippen molar-refractivity contribution in [2.45, 2.75) is 32.5 Å². The minimum atomic E-state index is -4.79. The molecule has 1 saturated heterocycles. The molecule has 1 amide bonds. The molecule has 0 radical (unpaired) electrons. The van der Waals surface area contributed by atoms with Crippen molar-refractivity contribution < 1.29 is 18.0 Å². The molecule has 0 spiro atoms. The van der Waals surface area contributed by atoms with Crippen molar-refractivity contribution in [3.05, 3.63) is 57.8 Å². The first-order valence-corrected chi connectivity index (χ1v) is 11.4. The summed E-state index contributed by atoms with van der Waals surface area (Å²) in [6, 6.07) is 5.72. The fourth-order valence-electron chi connectivity index (χ4n) is 3.83. The van der Waals surface area contributed by atoms with Gasteiger partial charge in [-0.2, -0.15) is 18.3 Å². The fraction of sp³-hybridized carbons (Fsp3) is 0.381. The van der Waals surface area contributed by atoms with Gasteiger partial charge in [-0.3, -0.25) is 15.0 Å². The highest BCUT2D eigenvalue weighted by atomic mass is 35.5. The van der Waals surface area contributed by atoms with Gasteiger partial charge in [-0.1, -0.05) is 18.5 Å². The highest BCUT2D eigenvalue weighted by Gasteiger charge is 2.40. The van der Waals surface area contributed by atoms with Crippen LogP contribution in [0.3, 0.4) is 0 Å². The molecule has 3 heterocycles. The van der Waals surface area contributed by atoms with Crippen LogP contribution in [0.15, 0.2) is 35.8 Å². The molecule has 0 aliphatic carbocycles. The maximum Gasteiger partial charge on any atom is 0.434 e. The Morgan fingerprint density at radius 1 is 1.31 bits per heavy atom. The third-order valence-electron chi connectivity index (χ3n) is 5.25. The second-order valence-corrected chi connectivity index (χ2v) is 9.17. The number of hydrogen-bond acceptors (Lipinski definition) is 5. The smallest absolute Gasteiger partial charge is 0.298 e. The van der Waals surface area contributed by atoms with Gasteiger partial charge in [-0.05, 0) is 49.6 Å². The predicted octanol–water partition coefficient (Wildman–Crippen LogP) is 5.49. The first kappa shape index (κ1) is 22.8. The summed E-state index contributed by atoms with van der Waals surface area (Å²) in [5.74, 6) is -0.287. The number of piperidine rings is 1. The Balaban J connectivity index is 1.52. The molecule has 32 heavy (non-hydrogen) atoms. The van der Waals surface area contributed by atoms with E-state index >= 15 is 0 Å². The lowest BCUT2D eigenvalue weighted by Crippen LogP contribution is -2.33. The van der Waals surface area contributed by atoms with Crippen LogP contribution in [0, 0.1) is 5.92 Å². The summed E-state index contributed by atoms with van der Waals surface area (Å²) in [5, 5.41) is 8.74. The summed E-state index contributed by atoms with van der Waals surface area (Å²) in [6.07, 6.45) is -1.54. The zero-order valence-corrected chi connectivity index (χ0v) is 18.8. The highest BCUT2D eigenvalue weighted by Crippen LogP contribution is 2.34. The molecule has 3 aromatic rings. The largest absolute Gasteiger partial charge is 0.434 e. The molecule has 6 nitrogen and oxygen atoms in total. The van der Waals surface area contributed by atoms with Crippen LogP contribution in [-0.4, -0.2) is 38.7 Å². The van der Waals surface area contributed by atoms with Crippen LogP contribution in [0.5, 0.6) is 0 Å². The fourth-order valence-corrected chi connectivity index (χ4v) is 4.65. The van der Waals surface area contributed by atoms with E-state index < -0.39 is 23.3 Å². The number of rotatable bonds is 5. The van der Waals surface area contributed by atoms with Crippen molar-refractivity contribution in [3.63, 3.8) is 0 Å². The number of nitrogens with zero attached hydrogens (tertiary/aromatic N) is 4. The van der Waals surface area contributed by atoms with E-state index in [-0.39, 0.29) is 10.8 Å². The number of nitrogens with one attached hydrogen (secondary N) is 1. The molecule has 11 heteroatoms. The highest BCUT2D eigenvalue weighted by molar-refractivity contribution is 7.14. The van der Waals surface area contributed by atoms with Gasteiger partial charge in [0, 0.05) is 23.5 Å². The Kier molecular flexibility index (Phi) is 6.55. The summed E-state index contributed by atoms with van der Waals surface area (Å²) < 4.78 is 42.1. The number of aromatic nitrogens is 3. The average molecular weight is 484 g/mol. The van der Waals surface area contributed by atoms with Gasteiger partial charge in [0.15, 0.2) is 10.8 Å². The molecule has 1 aliphatic rings. The molecule has 1 N–H and O–H groups in total. The number of anilines is 1. The number of thiazole rings is 1. The van der Waals surface area contributed by atoms with Crippen LogP contribution in [0.1, 0.15) is 41.5 Å². The van der Waals surface area contributed by atoms with Gasteiger partial charge in [0.1, 0.15) is 0 Å². The molecule has 1 aliphatic heterocycles. The van der Waals surface area contributed by atoms with Gasteiger partial charge in [-0.25, -0.2) is 9.67 Å². The number of carbonyl (C=O) groups is 1. The second-order valence-electron chi connectivity index (χ2n) is 7.87. The third kappa shape index (κ3) is 5.13. The van der Waals surface area contributed by atoms with Crippen molar-refractivity contribution in [1.29, 1.82) is 0 Å². The van der Waals surface area contributed by atoms with Crippen LogP contribution < -0.4 is 5.32 Å². The molecule has 2 aromatic heterocycles. The topological polar surface area (TPSA) is 63.1 Å². The van der Waals surface area contributed by atoms with Gasteiger partial charge in [0.25, 0.3) is 5.91 Å². The third-order valence-corrected chi connectivity index (χ3v) is 6.31. The lowest BCUT2D eigenvalue weighted by atomic mass is 10.0. The molecule has 170 valence electrons. The molecule has 0 bridgehead atoms. The maximum absolute atomic E-state index is 13.8. The summed E-state index contributed by atoms with van der Waals surface area (Å²) >= 11 is 7.01. The maximum atomic E-state index is 13.8. The van der Waals surface area contributed by atoms with E-state index in [2.05, 4.69) is 27.2 Å². The normalized spacial score (nSPS) is 17.5. The Labute approximate surface area is 192 Å². The average Bonchev–Trinajstić information content (AvgIpc) is 3.35. The van der Waals surface area contributed by atoms with Crippen molar-refractivity contribution in [3.8, 4) is 5.69 Å². The molecule has 4 rings (SSSR count). The first-order valence-electron chi connectivity index (χ1n) is 10.1. The van der Waals surface area contributed by atoms with Crippen LogP contribution in [0.25, 0.3) is 5.69 Å². The van der Waals surface area contributed by atoms with Gasteiger partial charge >= 0.3 is 6.18 Å². The van der Waals surface area contributed by atoms with Crippen molar-refractivity contribution >= 4 is 34.0 Å². The minimum Gasteiger partial charge on any atom is -0.298 e. The van der Waals surface area contributed by atoms with Crippen LogP contribution in [0.2, 0.25) is 5.02 Å². The number of likely N-dealkylation sites (tertiary alicyclic amines) is 1. The summed E-state index contributed by atoms with van der Waals surface area (Å²) in [6.45, 7) is 4.83. The summed E-state index contributed by atoms with van der Waals surface area (Å²) in [7, 11) is 0. The van der Waals surface area contributed by atoms with Crippen molar-refractivity contribution in [2.24, 2.45) is 5.92 Å². The van der Waals surface area contributed by atoms with Gasteiger partial charge in [0.2, 0.25) is 0 Å². The molecular formula is C21H21ClF3N5OS. The minimum absolute atomic E-state index is 0.146. The van der Waals surface area contributed by atoms with E-state index in [1.807, 2.05) is 5.38 Å². The summed E-state index contributed by atoms with van der Waals surface area (Å²) in [5.41, 5.74) is -0.800. The monoisotopic (exact) mass is 483 g/mol. The van der Waals surface area contributed by atoms with E-state index in [9.17, 15) is 18.0 Å². The van der Waals surface area contributed by atoms with Crippen molar-refractivity contribution in [2.75, 3.05) is 18.4 Å². The van der Waals surface area contributed by atoms with E-state index in [0.717, 1.165) is 31.4 Å². The Morgan fingerprint density at radius 3 is 2.75 bits per heavy atom. The van der Waals surface area contributed by atoms with E-state index in [0.29, 0.717) is 22.2 Å². The van der Waals surface area contributed by atoms with Gasteiger partial charge in [0.05, 0.1) is 23.1 Å². The van der Waals surface area contributed by atoms with Crippen LogP contribution in [-0.2, 0) is 12.7 Å². The van der Waals surface area contributed by atoms with Gasteiger partial charge < -0.3 is 0 Å². The van der Waals surface area contributed by atoms with Gasteiger partial charge in [-0.15, -0.1) is 11.3 Å². The lowest BCUT2D eigenvalue weighted by molar-refractivity contribution is -0.143. The quantitative estimate of drug-likeness (QED) is 0.521. The van der Waals surface area contributed by atoms with Crippen LogP contribution >= 0.6 is 22.9 Å². The number of halogens is 4. The van der Waals surface area contributed by atoms with E-state index in [1.54, 1.807) is 0 Å². The first-order chi connectivity index (χ1) is 15.2. The zero-order chi connectivity index (χ0) is 22.9. The Hall–Kier alpha value is -2.43. The van der Waals surface area contributed by atoms with E-state index in [1.165, 1.54) is 42.0 Å². The zero-order valence-electron chi connectivity index (χ0n) is 17.2. The Bertz CT molecular complexity index is 1100. The number of hydrogen-bond donors (Lipinski definition) is 1. The van der Waals surface area contributed by atoms with Crippen molar-refractivity contribution in [1.82, 2.24) is 19.7 Å². The number of benzene rings is 1. The number of carbonyl (C=O) groups excluding carboxylic acids is 1. The molecular weight excluding hydrogens is 463 g/mol. The van der Waals surface area contributed by atoms with Crippen LogP contribution in [0.4, 0.5) is 18.3 Å². The molecule has 1 fully saturated rings. The lowest BCUT2D eigenvalue weighted by Gasteiger charge is -2.30. The number of amides is 1.